The minimum Gasteiger partial charge on any atom is -0.356 e. The maximum atomic E-state index is 12.9. The van der Waals surface area contributed by atoms with Gasteiger partial charge in [-0.25, -0.2) is 0 Å². The predicted octanol–water partition coefficient (Wildman–Crippen LogP) is 4.01. The van der Waals surface area contributed by atoms with Gasteiger partial charge in [0, 0.05) is 18.8 Å². The van der Waals surface area contributed by atoms with Gasteiger partial charge in [0.15, 0.2) is 0 Å². The van der Waals surface area contributed by atoms with E-state index in [9.17, 15) is 4.79 Å². The van der Waals surface area contributed by atoms with Crippen molar-refractivity contribution in [1.29, 1.82) is 0 Å². The van der Waals surface area contributed by atoms with Crippen molar-refractivity contribution in [3.05, 3.63) is 24.3 Å². The molecule has 132 valence electrons. The first kappa shape index (κ1) is 17.8. The van der Waals surface area contributed by atoms with Crippen LogP contribution < -0.4 is 5.32 Å². The first-order valence-electron chi connectivity index (χ1n) is 9.53. The molecule has 0 bridgehead atoms. The third-order valence-electron chi connectivity index (χ3n) is 5.81. The van der Waals surface area contributed by atoms with Crippen LogP contribution in [0.25, 0.3) is 0 Å². The number of hydrogen-bond donors (Lipinski definition) is 1. The molecule has 3 rings (SSSR count). The number of hydrogen-bond acceptors (Lipinski definition) is 3. The van der Waals surface area contributed by atoms with Gasteiger partial charge in [-0.2, -0.15) is 0 Å². The summed E-state index contributed by atoms with van der Waals surface area (Å²) < 4.78 is -0.0403. The van der Waals surface area contributed by atoms with E-state index < -0.39 is 0 Å². The van der Waals surface area contributed by atoms with Crippen molar-refractivity contribution < 1.29 is 4.79 Å². The SMILES string of the molecule is CCCCC(CC)CNC(=O)C1CSC23C=CC=CC2=NCCC13. The Morgan fingerprint density at radius 1 is 1.46 bits per heavy atom. The van der Waals surface area contributed by atoms with Gasteiger partial charge in [-0.1, -0.05) is 51.3 Å². The van der Waals surface area contributed by atoms with Crippen LogP contribution in [-0.4, -0.2) is 35.2 Å². The van der Waals surface area contributed by atoms with Gasteiger partial charge in [-0.3, -0.25) is 9.79 Å². The van der Waals surface area contributed by atoms with E-state index in [4.69, 9.17) is 4.99 Å². The number of amides is 1. The van der Waals surface area contributed by atoms with Gasteiger partial charge in [0.1, 0.15) is 0 Å². The molecule has 0 aromatic heterocycles. The molecule has 4 atom stereocenters. The minimum atomic E-state index is -0.0403. The number of carbonyl (C=O) groups excluding carboxylic acids is 1. The molecule has 1 spiro atoms. The second kappa shape index (κ2) is 7.90. The van der Waals surface area contributed by atoms with E-state index in [2.05, 4.69) is 43.5 Å². The summed E-state index contributed by atoms with van der Waals surface area (Å²) in [6.07, 6.45) is 14.5. The van der Waals surface area contributed by atoms with Gasteiger partial charge >= 0.3 is 0 Å². The van der Waals surface area contributed by atoms with E-state index in [1.54, 1.807) is 0 Å². The number of aliphatic imine (C=N–C) groups is 1. The Bertz CT molecular complexity index is 554. The molecule has 1 amide bonds. The summed E-state index contributed by atoms with van der Waals surface area (Å²) in [5.41, 5.74) is 1.18. The van der Waals surface area contributed by atoms with Crippen LogP contribution in [0.4, 0.5) is 0 Å². The number of nitrogens with one attached hydrogen (secondary N) is 1. The average Bonchev–Trinajstić information content (AvgIpc) is 2.99. The molecule has 2 aliphatic heterocycles. The fourth-order valence-corrected chi connectivity index (χ4v) is 6.03. The van der Waals surface area contributed by atoms with Crippen LogP contribution in [0.5, 0.6) is 0 Å². The number of allylic oxidation sites excluding steroid dienone is 3. The highest BCUT2D eigenvalue weighted by atomic mass is 32.2. The zero-order valence-corrected chi connectivity index (χ0v) is 15.8. The Morgan fingerprint density at radius 3 is 3.12 bits per heavy atom. The topological polar surface area (TPSA) is 41.5 Å². The lowest BCUT2D eigenvalue weighted by atomic mass is 9.74. The Hall–Kier alpha value is -1.03. The van der Waals surface area contributed by atoms with Crippen molar-refractivity contribution in [3.8, 4) is 0 Å². The van der Waals surface area contributed by atoms with E-state index in [1.807, 2.05) is 11.8 Å². The number of rotatable bonds is 7. The number of unbranched alkanes of at least 4 members (excludes halogenated alkanes) is 1. The maximum Gasteiger partial charge on any atom is 0.224 e. The summed E-state index contributed by atoms with van der Waals surface area (Å²) in [5.74, 6) is 2.33. The van der Waals surface area contributed by atoms with Gasteiger partial charge in [-0.05, 0) is 30.8 Å². The largest absolute Gasteiger partial charge is 0.356 e. The van der Waals surface area contributed by atoms with Gasteiger partial charge in [0.05, 0.1) is 16.4 Å². The van der Waals surface area contributed by atoms with Crippen molar-refractivity contribution in [1.82, 2.24) is 5.32 Å². The van der Waals surface area contributed by atoms with E-state index in [0.29, 0.717) is 11.8 Å². The van der Waals surface area contributed by atoms with Gasteiger partial charge in [0.2, 0.25) is 5.91 Å². The van der Waals surface area contributed by atoms with Gasteiger partial charge in [-0.15, -0.1) is 11.8 Å². The van der Waals surface area contributed by atoms with E-state index >= 15 is 0 Å². The third kappa shape index (κ3) is 3.35. The molecule has 4 heteroatoms. The maximum absolute atomic E-state index is 12.9. The van der Waals surface area contributed by atoms with E-state index in [1.165, 1.54) is 25.0 Å². The Kier molecular flexibility index (Phi) is 5.85. The van der Waals surface area contributed by atoms with Crippen LogP contribution in [0.3, 0.4) is 0 Å². The lowest BCUT2D eigenvalue weighted by molar-refractivity contribution is -0.126. The molecule has 1 N–H and O–H groups in total. The van der Waals surface area contributed by atoms with E-state index in [0.717, 1.165) is 31.7 Å². The highest BCUT2D eigenvalue weighted by Crippen LogP contribution is 2.52. The van der Waals surface area contributed by atoms with Crippen molar-refractivity contribution >= 4 is 23.4 Å². The monoisotopic (exact) mass is 346 g/mol. The van der Waals surface area contributed by atoms with Crippen molar-refractivity contribution in [2.45, 2.75) is 50.7 Å². The van der Waals surface area contributed by atoms with Crippen LogP contribution in [0.1, 0.15) is 46.0 Å². The van der Waals surface area contributed by atoms with Crippen molar-refractivity contribution in [3.63, 3.8) is 0 Å². The van der Waals surface area contributed by atoms with Crippen molar-refractivity contribution in [2.24, 2.45) is 22.7 Å². The molecule has 0 aromatic rings. The molecule has 0 aromatic carbocycles. The Morgan fingerprint density at radius 2 is 2.33 bits per heavy atom. The molecule has 2 heterocycles. The summed E-state index contributed by atoms with van der Waals surface area (Å²) in [4.78, 5) is 17.6. The molecular weight excluding hydrogens is 316 g/mol. The van der Waals surface area contributed by atoms with Crippen LogP contribution >= 0.6 is 11.8 Å². The molecule has 3 aliphatic rings. The summed E-state index contributed by atoms with van der Waals surface area (Å²) in [6.45, 7) is 6.16. The van der Waals surface area contributed by atoms with Gasteiger partial charge < -0.3 is 5.32 Å². The van der Waals surface area contributed by atoms with Crippen LogP contribution in [0, 0.1) is 17.8 Å². The number of thioether (sulfide) groups is 1. The molecule has 3 nitrogen and oxygen atoms in total. The molecular formula is C20H30N2OS. The van der Waals surface area contributed by atoms with Crippen LogP contribution in [0.2, 0.25) is 0 Å². The third-order valence-corrected chi connectivity index (χ3v) is 7.47. The molecule has 0 saturated carbocycles. The molecule has 0 radical (unpaired) electrons. The number of nitrogens with zero attached hydrogens (tertiary/aromatic N) is 1. The summed E-state index contributed by atoms with van der Waals surface area (Å²) in [6, 6.07) is 0. The van der Waals surface area contributed by atoms with Crippen molar-refractivity contribution in [2.75, 3.05) is 18.8 Å². The number of carbonyl (C=O) groups is 1. The zero-order valence-electron chi connectivity index (χ0n) is 15.0. The predicted molar refractivity (Wildman–Crippen MR) is 104 cm³/mol. The van der Waals surface area contributed by atoms with Crippen LogP contribution in [-0.2, 0) is 4.79 Å². The zero-order chi connectivity index (χ0) is 17.0. The fourth-order valence-electron chi connectivity index (χ4n) is 4.24. The van der Waals surface area contributed by atoms with Crippen LogP contribution in [0.15, 0.2) is 29.3 Å². The standard InChI is InChI=1S/C20H30N2OS/c1-3-5-8-15(4-2)13-22-19(23)16-14-24-20-11-7-6-9-18(20)21-12-10-17(16)20/h6-7,9,11,15-17H,3-5,8,10,12-14H2,1-2H3,(H,22,23). The van der Waals surface area contributed by atoms with E-state index in [-0.39, 0.29) is 16.6 Å². The van der Waals surface area contributed by atoms with Gasteiger partial charge in [0.25, 0.3) is 0 Å². The first-order chi connectivity index (χ1) is 11.7. The molecule has 1 fully saturated rings. The minimum absolute atomic E-state index is 0.0403. The summed E-state index contributed by atoms with van der Waals surface area (Å²) in [7, 11) is 0. The smallest absolute Gasteiger partial charge is 0.224 e. The molecule has 1 aliphatic carbocycles. The lowest BCUT2D eigenvalue weighted by Gasteiger charge is -2.38. The Balaban J connectivity index is 1.62. The fraction of sp³-hybridized carbons (Fsp3) is 0.700. The second-order valence-corrected chi connectivity index (χ2v) is 8.55. The summed E-state index contributed by atoms with van der Waals surface area (Å²) in [5, 5.41) is 3.28. The highest BCUT2D eigenvalue weighted by molar-refractivity contribution is 8.02. The Labute approximate surface area is 150 Å². The normalized spacial score (nSPS) is 32.0. The average molecular weight is 347 g/mol. The molecule has 4 unspecified atom stereocenters. The summed E-state index contributed by atoms with van der Waals surface area (Å²) >= 11 is 1.92. The lowest BCUT2D eigenvalue weighted by Crippen LogP contribution is -2.46. The quantitative estimate of drug-likeness (QED) is 0.757. The molecule has 1 saturated heterocycles. The highest BCUT2D eigenvalue weighted by Gasteiger charge is 2.53. The second-order valence-electron chi connectivity index (χ2n) is 7.25. The molecule has 24 heavy (non-hydrogen) atoms. The first-order valence-corrected chi connectivity index (χ1v) is 10.5.